The van der Waals surface area contributed by atoms with E-state index in [1.54, 1.807) is 0 Å². The number of nitrogens with two attached hydrogens (primary N) is 1. The first-order valence-electron chi connectivity index (χ1n) is 6.30. The second-order valence-corrected chi connectivity index (χ2v) is 4.70. The normalized spacial score (nSPS) is 10.8. The molecule has 3 aromatic rings. The van der Waals surface area contributed by atoms with Crippen LogP contribution in [0.15, 0.2) is 42.5 Å². The summed E-state index contributed by atoms with van der Waals surface area (Å²) in [5.41, 5.74) is 8.57. The average molecular weight is 286 g/mol. The van der Waals surface area contributed by atoms with Gasteiger partial charge >= 0.3 is 0 Å². The maximum Gasteiger partial charge on any atom is 0.159 e. The maximum absolute atomic E-state index is 13.3. The standard InChI is InChI=1S/C15H12F2N4/c1-9-2-5-11(6-3-9)21-15(18)14(19-20-21)10-4-7-12(16)13(17)8-10/h2-8H,18H2,1H3. The molecule has 21 heavy (non-hydrogen) atoms. The van der Waals surface area contributed by atoms with E-state index in [0.717, 1.165) is 23.4 Å². The van der Waals surface area contributed by atoms with Gasteiger partial charge in [0.25, 0.3) is 0 Å². The minimum atomic E-state index is -0.947. The van der Waals surface area contributed by atoms with Crippen LogP contribution in [0.4, 0.5) is 14.6 Å². The molecule has 0 radical (unpaired) electrons. The Hall–Kier alpha value is -2.76. The number of anilines is 1. The molecule has 1 heterocycles. The summed E-state index contributed by atoms with van der Waals surface area (Å²) in [4.78, 5) is 0. The Kier molecular flexibility index (Phi) is 3.13. The molecule has 0 aliphatic heterocycles. The first-order chi connectivity index (χ1) is 10.1. The molecular formula is C15H12F2N4. The first-order valence-corrected chi connectivity index (χ1v) is 6.30. The van der Waals surface area contributed by atoms with Crippen molar-refractivity contribution in [1.29, 1.82) is 0 Å². The summed E-state index contributed by atoms with van der Waals surface area (Å²) in [5.74, 6) is -1.59. The molecule has 2 N–H and O–H groups in total. The fraction of sp³-hybridized carbons (Fsp3) is 0.0667. The van der Waals surface area contributed by atoms with Crippen LogP contribution in [0.5, 0.6) is 0 Å². The summed E-state index contributed by atoms with van der Waals surface area (Å²) in [7, 11) is 0. The third-order valence-corrected chi connectivity index (χ3v) is 3.18. The lowest BCUT2D eigenvalue weighted by Gasteiger charge is -2.04. The SMILES string of the molecule is Cc1ccc(-n2nnc(-c3ccc(F)c(F)c3)c2N)cc1. The molecule has 0 saturated carbocycles. The highest BCUT2D eigenvalue weighted by Gasteiger charge is 2.14. The lowest BCUT2D eigenvalue weighted by Crippen LogP contribution is -2.02. The van der Waals surface area contributed by atoms with E-state index >= 15 is 0 Å². The quantitative estimate of drug-likeness (QED) is 0.787. The molecule has 0 aliphatic carbocycles. The lowest BCUT2D eigenvalue weighted by atomic mass is 10.1. The largest absolute Gasteiger partial charge is 0.382 e. The van der Waals surface area contributed by atoms with Gasteiger partial charge in [0.15, 0.2) is 17.5 Å². The maximum atomic E-state index is 13.3. The minimum Gasteiger partial charge on any atom is -0.382 e. The van der Waals surface area contributed by atoms with Crippen molar-refractivity contribution in [3.8, 4) is 16.9 Å². The van der Waals surface area contributed by atoms with E-state index in [9.17, 15) is 8.78 Å². The van der Waals surface area contributed by atoms with Crippen LogP contribution in [0.25, 0.3) is 16.9 Å². The van der Waals surface area contributed by atoms with Gasteiger partial charge in [0, 0.05) is 5.56 Å². The molecule has 0 aliphatic rings. The topological polar surface area (TPSA) is 56.7 Å². The fourth-order valence-electron chi connectivity index (χ4n) is 2.01. The van der Waals surface area contributed by atoms with Crippen LogP contribution >= 0.6 is 0 Å². The molecule has 6 heteroatoms. The van der Waals surface area contributed by atoms with E-state index < -0.39 is 11.6 Å². The van der Waals surface area contributed by atoms with Gasteiger partial charge in [-0.1, -0.05) is 22.9 Å². The summed E-state index contributed by atoms with van der Waals surface area (Å²) < 4.78 is 27.7. The molecule has 0 saturated heterocycles. The number of nitrogens with zero attached hydrogens (tertiary/aromatic N) is 3. The molecule has 0 unspecified atom stereocenters. The molecule has 2 aromatic carbocycles. The number of aryl methyl sites for hydroxylation is 1. The van der Waals surface area contributed by atoms with Gasteiger partial charge in [0.2, 0.25) is 0 Å². The highest BCUT2D eigenvalue weighted by Crippen LogP contribution is 2.26. The van der Waals surface area contributed by atoms with Crippen LogP contribution in [0, 0.1) is 18.6 Å². The number of hydrogen-bond donors (Lipinski definition) is 1. The summed E-state index contributed by atoms with van der Waals surface area (Å²) >= 11 is 0. The van der Waals surface area contributed by atoms with Crippen molar-refractivity contribution < 1.29 is 8.78 Å². The van der Waals surface area contributed by atoms with Crippen LogP contribution in [-0.2, 0) is 0 Å². The molecule has 4 nitrogen and oxygen atoms in total. The van der Waals surface area contributed by atoms with Gasteiger partial charge in [-0.05, 0) is 37.3 Å². The monoisotopic (exact) mass is 286 g/mol. The van der Waals surface area contributed by atoms with Gasteiger partial charge in [-0.15, -0.1) is 5.10 Å². The lowest BCUT2D eigenvalue weighted by molar-refractivity contribution is 0.509. The molecule has 1 aromatic heterocycles. The van der Waals surface area contributed by atoms with Gasteiger partial charge in [-0.2, -0.15) is 4.68 Å². The smallest absolute Gasteiger partial charge is 0.159 e. The Labute approximate surface area is 119 Å². The van der Waals surface area contributed by atoms with Crippen LogP contribution in [-0.4, -0.2) is 15.0 Å². The van der Waals surface area contributed by atoms with Crippen molar-refractivity contribution in [2.75, 3.05) is 5.73 Å². The second-order valence-electron chi connectivity index (χ2n) is 4.70. The van der Waals surface area contributed by atoms with Gasteiger partial charge in [0.1, 0.15) is 5.69 Å². The van der Waals surface area contributed by atoms with E-state index in [-0.39, 0.29) is 5.82 Å². The molecule has 0 fully saturated rings. The van der Waals surface area contributed by atoms with E-state index in [0.29, 0.717) is 11.3 Å². The Morgan fingerprint density at radius 2 is 1.71 bits per heavy atom. The third-order valence-electron chi connectivity index (χ3n) is 3.18. The molecule has 106 valence electrons. The van der Waals surface area contributed by atoms with E-state index in [4.69, 9.17) is 5.73 Å². The van der Waals surface area contributed by atoms with Crippen LogP contribution < -0.4 is 5.73 Å². The highest BCUT2D eigenvalue weighted by molar-refractivity contribution is 5.70. The minimum absolute atomic E-state index is 0.268. The number of nitrogen functional groups attached to an aromatic ring is 1. The Balaban J connectivity index is 2.06. The number of aromatic nitrogens is 3. The highest BCUT2D eigenvalue weighted by atomic mass is 19.2. The van der Waals surface area contributed by atoms with Crippen molar-refractivity contribution in [1.82, 2.24) is 15.0 Å². The summed E-state index contributed by atoms with van der Waals surface area (Å²) in [6.45, 7) is 1.97. The molecule has 3 rings (SSSR count). The molecule has 0 amide bonds. The number of hydrogen-bond acceptors (Lipinski definition) is 3. The van der Waals surface area contributed by atoms with E-state index in [1.807, 2.05) is 31.2 Å². The van der Waals surface area contributed by atoms with Gasteiger partial charge in [-0.3, -0.25) is 0 Å². The van der Waals surface area contributed by atoms with Crippen molar-refractivity contribution in [2.45, 2.75) is 6.92 Å². The first kappa shape index (κ1) is 13.2. The van der Waals surface area contributed by atoms with Crippen LogP contribution in [0.1, 0.15) is 5.56 Å². The van der Waals surface area contributed by atoms with E-state index in [2.05, 4.69) is 10.3 Å². The van der Waals surface area contributed by atoms with Crippen LogP contribution in [0.2, 0.25) is 0 Å². The summed E-state index contributed by atoms with van der Waals surface area (Å²) in [6, 6.07) is 11.1. The van der Waals surface area contributed by atoms with Gasteiger partial charge in [-0.25, -0.2) is 8.78 Å². The molecule has 0 bridgehead atoms. The second kappa shape index (κ2) is 4.97. The zero-order chi connectivity index (χ0) is 15.0. The van der Waals surface area contributed by atoms with Crippen molar-refractivity contribution in [3.63, 3.8) is 0 Å². The predicted molar refractivity (Wildman–Crippen MR) is 75.9 cm³/mol. The van der Waals surface area contributed by atoms with Gasteiger partial charge < -0.3 is 5.73 Å². The molecule has 0 spiro atoms. The summed E-state index contributed by atoms with van der Waals surface area (Å²) in [5, 5.41) is 7.92. The molecule has 0 atom stereocenters. The number of halogens is 2. The third kappa shape index (κ3) is 2.35. The zero-order valence-electron chi connectivity index (χ0n) is 11.2. The summed E-state index contributed by atoms with van der Waals surface area (Å²) in [6.07, 6.45) is 0. The Morgan fingerprint density at radius 3 is 2.38 bits per heavy atom. The van der Waals surface area contributed by atoms with Crippen molar-refractivity contribution in [3.05, 3.63) is 59.7 Å². The Morgan fingerprint density at radius 1 is 1.00 bits per heavy atom. The Bertz CT molecular complexity index is 794. The van der Waals surface area contributed by atoms with Crippen molar-refractivity contribution in [2.24, 2.45) is 0 Å². The molecular weight excluding hydrogens is 274 g/mol. The van der Waals surface area contributed by atoms with Crippen LogP contribution in [0.3, 0.4) is 0 Å². The number of benzene rings is 2. The predicted octanol–water partition coefficient (Wildman–Crippen LogP) is 3.10. The zero-order valence-corrected chi connectivity index (χ0v) is 11.2. The average Bonchev–Trinajstić information content (AvgIpc) is 2.85. The van der Waals surface area contributed by atoms with E-state index in [1.165, 1.54) is 10.7 Å². The number of rotatable bonds is 2. The van der Waals surface area contributed by atoms with Gasteiger partial charge in [0.05, 0.1) is 5.69 Å². The fourth-order valence-corrected chi connectivity index (χ4v) is 2.01. The van der Waals surface area contributed by atoms with Crippen molar-refractivity contribution >= 4 is 5.82 Å².